The van der Waals surface area contributed by atoms with Crippen LogP contribution in [0.15, 0.2) is 0 Å². The van der Waals surface area contributed by atoms with Gasteiger partial charge in [0.15, 0.2) is 0 Å². The van der Waals surface area contributed by atoms with Crippen molar-refractivity contribution >= 4 is 11.8 Å². The Morgan fingerprint density at radius 2 is 1.70 bits per heavy atom. The first-order valence-corrected chi connectivity index (χ1v) is 9.94. The van der Waals surface area contributed by atoms with E-state index in [0.717, 1.165) is 6.73 Å². The molecule has 1 heterocycles. The van der Waals surface area contributed by atoms with Crippen molar-refractivity contribution in [2.45, 2.75) is 77.7 Å². The van der Waals surface area contributed by atoms with Crippen LogP contribution in [0, 0.1) is 0 Å². The Balaban J connectivity index is 2.19. The maximum Gasteiger partial charge on any atom is 0.0994 e. The Bertz CT molecular complexity index is 205. The van der Waals surface area contributed by atoms with Crippen molar-refractivity contribution in [2.24, 2.45) is 0 Å². The van der Waals surface area contributed by atoms with Gasteiger partial charge in [0.25, 0.3) is 0 Å². The van der Waals surface area contributed by atoms with Gasteiger partial charge in [-0.25, -0.2) is 0 Å². The van der Waals surface area contributed by atoms with Gasteiger partial charge in [-0.3, -0.25) is 4.90 Å². The largest absolute Gasteiger partial charge is 0.362 e. The molecule has 0 aromatic carbocycles. The van der Waals surface area contributed by atoms with Gasteiger partial charge in [-0.15, -0.1) is 0 Å². The summed E-state index contributed by atoms with van der Waals surface area (Å²) in [6.45, 7) is 7.89. The summed E-state index contributed by atoms with van der Waals surface area (Å²) >= 11 is 2.08. The zero-order valence-corrected chi connectivity index (χ0v) is 14.6. The van der Waals surface area contributed by atoms with Gasteiger partial charge in [0.1, 0.15) is 0 Å². The second kappa shape index (κ2) is 13.0. The van der Waals surface area contributed by atoms with Gasteiger partial charge in [-0.1, -0.05) is 46.0 Å². The van der Waals surface area contributed by atoms with Crippen LogP contribution in [0.2, 0.25) is 0 Å². The van der Waals surface area contributed by atoms with Crippen LogP contribution < -0.4 is 0 Å². The zero-order valence-electron chi connectivity index (χ0n) is 13.7. The third kappa shape index (κ3) is 9.25. The van der Waals surface area contributed by atoms with Gasteiger partial charge in [0, 0.05) is 18.8 Å². The SMILES string of the molecule is CCCCSCC(CCCC)OCN1CCCCCC1. The van der Waals surface area contributed by atoms with Crippen molar-refractivity contribution in [1.82, 2.24) is 4.90 Å². The highest BCUT2D eigenvalue weighted by Crippen LogP contribution is 2.15. The molecular formula is C17H35NOS. The Kier molecular flexibility index (Phi) is 11.9. The number of nitrogens with zero attached hydrogens (tertiary/aromatic N) is 1. The second-order valence-corrected chi connectivity index (χ2v) is 7.17. The molecule has 0 aromatic rings. The third-order valence-corrected chi connectivity index (χ3v) is 5.20. The lowest BCUT2D eigenvalue weighted by atomic mass is 10.2. The van der Waals surface area contributed by atoms with E-state index < -0.39 is 0 Å². The van der Waals surface area contributed by atoms with E-state index in [4.69, 9.17) is 4.74 Å². The van der Waals surface area contributed by atoms with E-state index in [0.29, 0.717) is 6.10 Å². The molecule has 0 amide bonds. The molecule has 0 N–H and O–H groups in total. The van der Waals surface area contributed by atoms with Crippen LogP contribution >= 0.6 is 11.8 Å². The van der Waals surface area contributed by atoms with Crippen molar-refractivity contribution in [3.63, 3.8) is 0 Å². The number of unbranched alkanes of at least 4 members (excludes halogenated alkanes) is 2. The quantitative estimate of drug-likeness (QED) is 0.502. The Labute approximate surface area is 131 Å². The molecule has 1 rings (SSSR count). The molecule has 120 valence electrons. The Morgan fingerprint density at radius 3 is 2.35 bits per heavy atom. The molecule has 2 nitrogen and oxygen atoms in total. The Hall–Kier alpha value is 0.270. The van der Waals surface area contributed by atoms with Gasteiger partial charge in [0.2, 0.25) is 0 Å². The molecule has 1 aliphatic rings. The average molecular weight is 302 g/mol. The number of ether oxygens (including phenoxy) is 1. The Morgan fingerprint density at radius 1 is 1.00 bits per heavy atom. The van der Waals surface area contributed by atoms with Gasteiger partial charge in [-0.2, -0.15) is 11.8 Å². The lowest BCUT2D eigenvalue weighted by Gasteiger charge is -2.24. The molecule has 1 saturated heterocycles. The molecule has 1 atom stereocenters. The highest BCUT2D eigenvalue weighted by molar-refractivity contribution is 7.99. The molecule has 1 unspecified atom stereocenters. The fourth-order valence-electron chi connectivity index (χ4n) is 2.58. The first kappa shape index (κ1) is 18.3. The van der Waals surface area contributed by atoms with Crippen LogP contribution in [0.1, 0.15) is 71.6 Å². The summed E-state index contributed by atoms with van der Waals surface area (Å²) in [5.41, 5.74) is 0. The van der Waals surface area contributed by atoms with Crippen LogP contribution in [0.3, 0.4) is 0 Å². The third-order valence-electron chi connectivity index (χ3n) is 4.02. The standard InChI is InChI=1S/C17H35NOS/c1-3-5-11-17(15-20-14-6-4-2)19-16-18-12-9-7-8-10-13-18/h17H,3-16H2,1-2H3. The fraction of sp³-hybridized carbons (Fsp3) is 1.00. The molecule has 0 radical (unpaired) electrons. The van der Waals surface area contributed by atoms with Gasteiger partial charge in [0.05, 0.1) is 12.8 Å². The smallest absolute Gasteiger partial charge is 0.0994 e. The van der Waals surface area contributed by atoms with Crippen molar-refractivity contribution in [3.05, 3.63) is 0 Å². The summed E-state index contributed by atoms with van der Waals surface area (Å²) in [5, 5.41) is 0. The fourth-order valence-corrected chi connectivity index (χ4v) is 3.77. The summed E-state index contributed by atoms with van der Waals surface area (Å²) in [4.78, 5) is 2.52. The normalized spacial score (nSPS) is 18.9. The lowest BCUT2D eigenvalue weighted by molar-refractivity contribution is -0.0150. The van der Waals surface area contributed by atoms with Gasteiger partial charge < -0.3 is 4.74 Å². The van der Waals surface area contributed by atoms with Crippen molar-refractivity contribution in [2.75, 3.05) is 31.3 Å². The molecule has 0 aliphatic carbocycles. The highest BCUT2D eigenvalue weighted by atomic mass is 32.2. The van der Waals surface area contributed by atoms with Crippen molar-refractivity contribution < 1.29 is 4.74 Å². The summed E-state index contributed by atoms with van der Waals surface area (Å²) in [7, 11) is 0. The summed E-state index contributed by atoms with van der Waals surface area (Å²) in [5.74, 6) is 2.49. The molecule has 0 bridgehead atoms. The van der Waals surface area contributed by atoms with E-state index in [1.807, 2.05) is 0 Å². The molecule has 1 fully saturated rings. The van der Waals surface area contributed by atoms with Crippen LogP contribution in [0.5, 0.6) is 0 Å². The molecule has 3 heteroatoms. The molecule has 0 aromatic heterocycles. The van der Waals surface area contributed by atoms with E-state index >= 15 is 0 Å². The highest BCUT2D eigenvalue weighted by Gasteiger charge is 2.13. The minimum Gasteiger partial charge on any atom is -0.362 e. The minimum atomic E-state index is 0.472. The molecule has 20 heavy (non-hydrogen) atoms. The van der Waals surface area contributed by atoms with E-state index in [2.05, 4.69) is 30.5 Å². The van der Waals surface area contributed by atoms with Crippen LogP contribution in [-0.4, -0.2) is 42.3 Å². The van der Waals surface area contributed by atoms with Gasteiger partial charge in [-0.05, 0) is 31.4 Å². The number of likely N-dealkylation sites (tertiary alicyclic amines) is 1. The number of hydrogen-bond acceptors (Lipinski definition) is 3. The van der Waals surface area contributed by atoms with Crippen molar-refractivity contribution in [1.29, 1.82) is 0 Å². The van der Waals surface area contributed by atoms with Crippen LogP contribution in [0.25, 0.3) is 0 Å². The number of hydrogen-bond donors (Lipinski definition) is 0. The molecule has 0 saturated carbocycles. The van der Waals surface area contributed by atoms with Crippen LogP contribution in [0.4, 0.5) is 0 Å². The zero-order chi connectivity index (χ0) is 14.5. The molecule has 0 spiro atoms. The second-order valence-electron chi connectivity index (χ2n) is 6.02. The van der Waals surface area contributed by atoms with Crippen LogP contribution in [-0.2, 0) is 4.74 Å². The number of thioether (sulfide) groups is 1. The summed E-state index contributed by atoms with van der Waals surface area (Å²) in [6, 6.07) is 0. The topological polar surface area (TPSA) is 12.5 Å². The van der Waals surface area contributed by atoms with E-state index in [1.165, 1.54) is 82.4 Å². The first-order valence-electron chi connectivity index (χ1n) is 8.78. The van der Waals surface area contributed by atoms with Gasteiger partial charge >= 0.3 is 0 Å². The van der Waals surface area contributed by atoms with Crippen molar-refractivity contribution in [3.8, 4) is 0 Å². The summed E-state index contributed by atoms with van der Waals surface area (Å²) in [6.07, 6.45) is 12.5. The summed E-state index contributed by atoms with van der Waals surface area (Å²) < 4.78 is 6.22. The van der Waals surface area contributed by atoms with E-state index in [1.54, 1.807) is 0 Å². The average Bonchev–Trinajstić information content (AvgIpc) is 2.74. The maximum absolute atomic E-state index is 6.22. The lowest BCUT2D eigenvalue weighted by Crippen LogP contribution is -2.31. The van der Waals surface area contributed by atoms with E-state index in [-0.39, 0.29) is 0 Å². The predicted octanol–water partition coefficient (Wildman–Crippen LogP) is 4.93. The minimum absolute atomic E-state index is 0.472. The number of rotatable bonds is 11. The first-order chi connectivity index (χ1) is 9.86. The molecule has 1 aliphatic heterocycles. The predicted molar refractivity (Wildman–Crippen MR) is 91.5 cm³/mol. The monoisotopic (exact) mass is 301 g/mol. The maximum atomic E-state index is 6.22. The molecular weight excluding hydrogens is 266 g/mol. The van der Waals surface area contributed by atoms with E-state index in [9.17, 15) is 0 Å².